The highest BCUT2D eigenvalue weighted by molar-refractivity contribution is 6.44. The molecule has 1 fully saturated rings. The largest absolute Gasteiger partial charge is 0.381 e. The predicted molar refractivity (Wildman–Crippen MR) is 75.7 cm³/mol. The first-order valence-corrected chi connectivity index (χ1v) is 6.87. The van der Waals surface area contributed by atoms with E-state index in [0.717, 1.165) is 19.4 Å². The summed E-state index contributed by atoms with van der Waals surface area (Å²) in [5.41, 5.74) is 0.714. The Bertz CT molecular complexity index is 465. The topological polar surface area (TPSA) is 41.1 Å². The predicted octanol–water partition coefficient (Wildman–Crippen LogP) is 3.73. The molecule has 6 heteroatoms. The van der Waals surface area contributed by atoms with E-state index in [1.165, 1.54) is 0 Å². The number of halogens is 3. The molecule has 1 aromatic rings. The number of carbonyl (C=O) groups excluding carboxylic acids is 1. The van der Waals surface area contributed by atoms with Crippen LogP contribution in [0.5, 0.6) is 0 Å². The van der Waals surface area contributed by atoms with Gasteiger partial charge in [-0.05, 0) is 25.0 Å². The molecule has 1 heterocycles. The quantitative estimate of drug-likeness (QED) is 0.818. The summed E-state index contributed by atoms with van der Waals surface area (Å²) < 4.78 is 0. The van der Waals surface area contributed by atoms with Crippen LogP contribution in [-0.4, -0.2) is 18.5 Å². The molecule has 1 unspecified atom stereocenters. The van der Waals surface area contributed by atoms with E-state index in [1.807, 2.05) is 0 Å². The van der Waals surface area contributed by atoms with Gasteiger partial charge in [0.2, 0.25) is 5.91 Å². The van der Waals surface area contributed by atoms with E-state index in [4.69, 9.17) is 34.8 Å². The lowest BCUT2D eigenvalue weighted by Crippen LogP contribution is -2.26. The summed E-state index contributed by atoms with van der Waals surface area (Å²) >= 11 is 17.9. The van der Waals surface area contributed by atoms with Crippen LogP contribution in [0.2, 0.25) is 15.1 Å². The van der Waals surface area contributed by atoms with E-state index in [2.05, 4.69) is 10.6 Å². The maximum atomic E-state index is 11.5. The third-order valence-electron chi connectivity index (χ3n) is 2.85. The number of hydrogen-bond acceptors (Lipinski definition) is 2. The first-order chi connectivity index (χ1) is 8.56. The standard InChI is InChI=1S/C12H13Cl3N2O/c13-8-5-10(15)11(6-9(8)14)17-7-2-1-3-16-12(18)4-7/h5-7,17H,1-4H2,(H,16,18). The smallest absolute Gasteiger partial charge is 0.222 e. The molecule has 0 bridgehead atoms. The molecule has 1 aliphatic rings. The van der Waals surface area contributed by atoms with Crippen LogP contribution in [0.3, 0.4) is 0 Å². The van der Waals surface area contributed by atoms with Gasteiger partial charge in [-0.15, -0.1) is 0 Å². The van der Waals surface area contributed by atoms with Crippen LogP contribution in [-0.2, 0) is 4.79 Å². The van der Waals surface area contributed by atoms with Crippen molar-refractivity contribution in [3.05, 3.63) is 27.2 Å². The van der Waals surface area contributed by atoms with Crippen LogP contribution in [0, 0.1) is 0 Å². The van der Waals surface area contributed by atoms with E-state index in [1.54, 1.807) is 12.1 Å². The Morgan fingerprint density at radius 2 is 1.89 bits per heavy atom. The number of carbonyl (C=O) groups is 1. The van der Waals surface area contributed by atoms with Crippen molar-refractivity contribution in [2.24, 2.45) is 0 Å². The Kier molecular flexibility index (Phi) is 4.60. The second kappa shape index (κ2) is 6.00. The Labute approximate surface area is 121 Å². The molecular weight excluding hydrogens is 295 g/mol. The molecule has 0 spiro atoms. The van der Waals surface area contributed by atoms with Crippen molar-refractivity contribution < 1.29 is 4.79 Å². The summed E-state index contributed by atoms with van der Waals surface area (Å²) in [5.74, 6) is 0.0567. The zero-order valence-electron chi connectivity index (χ0n) is 9.60. The van der Waals surface area contributed by atoms with Crippen LogP contribution in [0.25, 0.3) is 0 Å². The normalized spacial score (nSPS) is 20.2. The molecular formula is C12H13Cl3N2O. The van der Waals surface area contributed by atoms with Gasteiger partial charge in [-0.1, -0.05) is 34.8 Å². The summed E-state index contributed by atoms with van der Waals surface area (Å²) in [6.07, 6.45) is 2.30. The van der Waals surface area contributed by atoms with Crippen LogP contribution in [0.15, 0.2) is 12.1 Å². The molecule has 1 saturated heterocycles. The Morgan fingerprint density at radius 3 is 2.67 bits per heavy atom. The summed E-state index contributed by atoms with van der Waals surface area (Å²) in [4.78, 5) is 11.5. The second-order valence-electron chi connectivity index (χ2n) is 4.28. The third kappa shape index (κ3) is 3.44. The average Bonchev–Trinajstić information content (AvgIpc) is 2.50. The number of nitrogens with one attached hydrogen (secondary N) is 2. The highest BCUT2D eigenvalue weighted by Crippen LogP contribution is 2.33. The van der Waals surface area contributed by atoms with Gasteiger partial charge in [0.1, 0.15) is 0 Å². The molecule has 1 aromatic carbocycles. The van der Waals surface area contributed by atoms with Gasteiger partial charge >= 0.3 is 0 Å². The van der Waals surface area contributed by atoms with Crippen molar-refractivity contribution >= 4 is 46.4 Å². The fraction of sp³-hybridized carbons (Fsp3) is 0.417. The van der Waals surface area contributed by atoms with Gasteiger partial charge in [0.15, 0.2) is 0 Å². The monoisotopic (exact) mass is 306 g/mol. The number of amides is 1. The van der Waals surface area contributed by atoms with Crippen LogP contribution in [0.1, 0.15) is 19.3 Å². The Balaban J connectivity index is 2.13. The number of rotatable bonds is 2. The van der Waals surface area contributed by atoms with E-state index >= 15 is 0 Å². The molecule has 1 amide bonds. The SMILES string of the molecule is O=C1CC(Nc2cc(Cl)c(Cl)cc2Cl)CCCN1. The van der Waals surface area contributed by atoms with Crippen molar-refractivity contribution in [3.8, 4) is 0 Å². The van der Waals surface area contributed by atoms with Crippen molar-refractivity contribution in [2.45, 2.75) is 25.3 Å². The molecule has 1 atom stereocenters. The van der Waals surface area contributed by atoms with E-state index in [9.17, 15) is 4.79 Å². The molecule has 18 heavy (non-hydrogen) atoms. The summed E-state index contributed by atoms with van der Waals surface area (Å²) in [6.45, 7) is 0.728. The fourth-order valence-electron chi connectivity index (χ4n) is 1.95. The van der Waals surface area contributed by atoms with Crippen molar-refractivity contribution in [3.63, 3.8) is 0 Å². The highest BCUT2D eigenvalue weighted by atomic mass is 35.5. The molecule has 3 nitrogen and oxygen atoms in total. The number of hydrogen-bond donors (Lipinski definition) is 2. The lowest BCUT2D eigenvalue weighted by Gasteiger charge is -2.18. The zero-order chi connectivity index (χ0) is 13.1. The maximum absolute atomic E-state index is 11.5. The first-order valence-electron chi connectivity index (χ1n) is 5.74. The molecule has 1 aliphatic heterocycles. The van der Waals surface area contributed by atoms with Gasteiger partial charge in [-0.3, -0.25) is 4.79 Å². The molecule has 2 N–H and O–H groups in total. The van der Waals surface area contributed by atoms with E-state index in [0.29, 0.717) is 27.2 Å². The molecule has 0 radical (unpaired) electrons. The molecule has 0 aromatic heterocycles. The van der Waals surface area contributed by atoms with Crippen LogP contribution in [0.4, 0.5) is 5.69 Å². The average molecular weight is 308 g/mol. The van der Waals surface area contributed by atoms with Gasteiger partial charge in [-0.25, -0.2) is 0 Å². The lowest BCUT2D eigenvalue weighted by molar-refractivity contribution is -0.120. The van der Waals surface area contributed by atoms with Gasteiger partial charge in [0.05, 0.1) is 20.8 Å². The van der Waals surface area contributed by atoms with Crippen molar-refractivity contribution in [1.82, 2.24) is 5.32 Å². The molecule has 0 aliphatic carbocycles. The Hall–Kier alpha value is -0.640. The Morgan fingerprint density at radius 1 is 1.17 bits per heavy atom. The highest BCUT2D eigenvalue weighted by Gasteiger charge is 2.18. The molecule has 98 valence electrons. The van der Waals surface area contributed by atoms with Crippen LogP contribution >= 0.6 is 34.8 Å². The minimum atomic E-state index is 0.0567. The second-order valence-corrected chi connectivity index (χ2v) is 5.51. The van der Waals surface area contributed by atoms with Gasteiger partial charge in [0, 0.05) is 19.0 Å². The minimum absolute atomic E-state index is 0.0567. The number of benzene rings is 1. The summed E-state index contributed by atoms with van der Waals surface area (Å²) in [7, 11) is 0. The zero-order valence-corrected chi connectivity index (χ0v) is 11.9. The van der Waals surface area contributed by atoms with Crippen molar-refractivity contribution in [2.75, 3.05) is 11.9 Å². The molecule has 2 rings (SSSR count). The van der Waals surface area contributed by atoms with Crippen LogP contribution < -0.4 is 10.6 Å². The van der Waals surface area contributed by atoms with Gasteiger partial charge in [0.25, 0.3) is 0 Å². The lowest BCUT2D eigenvalue weighted by atomic mass is 10.1. The van der Waals surface area contributed by atoms with E-state index < -0.39 is 0 Å². The molecule has 0 saturated carbocycles. The van der Waals surface area contributed by atoms with E-state index in [-0.39, 0.29) is 11.9 Å². The fourth-order valence-corrected chi connectivity index (χ4v) is 2.55. The first kappa shape index (κ1) is 13.8. The number of anilines is 1. The van der Waals surface area contributed by atoms with Gasteiger partial charge in [-0.2, -0.15) is 0 Å². The van der Waals surface area contributed by atoms with Crippen molar-refractivity contribution in [1.29, 1.82) is 0 Å². The maximum Gasteiger partial charge on any atom is 0.222 e. The summed E-state index contributed by atoms with van der Waals surface area (Å²) in [6, 6.07) is 3.36. The minimum Gasteiger partial charge on any atom is -0.381 e. The summed E-state index contributed by atoms with van der Waals surface area (Å²) in [5, 5.41) is 7.46. The van der Waals surface area contributed by atoms with Gasteiger partial charge < -0.3 is 10.6 Å². The third-order valence-corrected chi connectivity index (χ3v) is 3.89.